The van der Waals surface area contributed by atoms with Crippen molar-refractivity contribution in [2.24, 2.45) is 0 Å². The van der Waals surface area contributed by atoms with Gasteiger partial charge in [-0.2, -0.15) is 0 Å². The zero-order valence-electron chi connectivity index (χ0n) is 16.0. The van der Waals surface area contributed by atoms with Gasteiger partial charge >= 0.3 is 6.03 Å². The molecular weight excluding hydrogens is 378 g/mol. The summed E-state index contributed by atoms with van der Waals surface area (Å²) in [5, 5.41) is 5.17. The van der Waals surface area contributed by atoms with Gasteiger partial charge in [0.2, 0.25) is 5.91 Å². The maximum atomic E-state index is 13.8. The van der Waals surface area contributed by atoms with Gasteiger partial charge in [0.1, 0.15) is 11.6 Å². The van der Waals surface area contributed by atoms with Crippen molar-refractivity contribution < 1.29 is 18.4 Å². The molecule has 1 heterocycles. The van der Waals surface area contributed by atoms with Gasteiger partial charge in [0.05, 0.1) is 6.54 Å². The molecule has 8 heteroatoms. The van der Waals surface area contributed by atoms with E-state index < -0.39 is 6.03 Å². The van der Waals surface area contributed by atoms with Crippen LogP contribution in [0.3, 0.4) is 0 Å². The van der Waals surface area contributed by atoms with Crippen LogP contribution in [0.15, 0.2) is 48.5 Å². The number of hydrogen-bond donors (Lipinski definition) is 2. The SMILES string of the molecule is O=C(NCC(=O)N1CCN(Cc2ccccc2F)CC1)NCc1ccc(F)cc1. The minimum absolute atomic E-state index is 0.0947. The maximum absolute atomic E-state index is 13.8. The molecule has 6 nitrogen and oxygen atoms in total. The average Bonchev–Trinajstić information content (AvgIpc) is 2.74. The van der Waals surface area contributed by atoms with E-state index in [2.05, 4.69) is 15.5 Å². The Balaban J connectivity index is 1.35. The minimum atomic E-state index is -0.458. The molecule has 1 aliphatic heterocycles. The van der Waals surface area contributed by atoms with Crippen LogP contribution in [0.5, 0.6) is 0 Å². The quantitative estimate of drug-likeness (QED) is 0.778. The fourth-order valence-electron chi connectivity index (χ4n) is 3.14. The Morgan fingerprint density at radius 1 is 0.897 bits per heavy atom. The molecule has 0 aliphatic carbocycles. The number of hydrogen-bond acceptors (Lipinski definition) is 3. The standard InChI is InChI=1S/C21H24F2N4O2/c22-18-7-5-16(6-8-18)13-24-21(29)25-14-20(28)27-11-9-26(10-12-27)15-17-3-1-2-4-19(17)23/h1-8H,9-15H2,(H2,24,25,29). The van der Waals surface area contributed by atoms with Crippen molar-refractivity contribution in [2.45, 2.75) is 13.1 Å². The number of piperazine rings is 1. The van der Waals surface area contributed by atoms with Crippen molar-refractivity contribution in [3.8, 4) is 0 Å². The van der Waals surface area contributed by atoms with Crippen LogP contribution in [-0.4, -0.2) is 54.5 Å². The van der Waals surface area contributed by atoms with Crippen LogP contribution in [0, 0.1) is 11.6 Å². The summed E-state index contributed by atoms with van der Waals surface area (Å²) in [4.78, 5) is 27.9. The molecule has 0 bridgehead atoms. The summed E-state index contributed by atoms with van der Waals surface area (Å²) in [5.41, 5.74) is 1.41. The monoisotopic (exact) mass is 402 g/mol. The molecule has 0 unspecified atom stereocenters. The first kappa shape index (κ1) is 20.7. The Hall–Kier alpha value is -3.00. The summed E-state index contributed by atoms with van der Waals surface area (Å²) in [7, 11) is 0. The fourth-order valence-corrected chi connectivity index (χ4v) is 3.14. The minimum Gasteiger partial charge on any atom is -0.339 e. The number of benzene rings is 2. The first-order valence-electron chi connectivity index (χ1n) is 9.51. The first-order chi connectivity index (χ1) is 14.0. The molecule has 2 N–H and O–H groups in total. The average molecular weight is 402 g/mol. The van der Waals surface area contributed by atoms with Crippen molar-refractivity contribution in [3.05, 3.63) is 71.3 Å². The van der Waals surface area contributed by atoms with E-state index in [1.807, 2.05) is 6.07 Å². The zero-order chi connectivity index (χ0) is 20.6. The van der Waals surface area contributed by atoms with Gasteiger partial charge in [-0.25, -0.2) is 13.6 Å². The molecule has 0 aromatic heterocycles. The Bertz CT molecular complexity index is 837. The first-order valence-corrected chi connectivity index (χ1v) is 9.51. The van der Waals surface area contributed by atoms with Gasteiger partial charge in [0, 0.05) is 44.8 Å². The van der Waals surface area contributed by atoms with Crippen LogP contribution >= 0.6 is 0 Å². The second-order valence-electron chi connectivity index (χ2n) is 6.91. The number of amides is 3. The van der Waals surface area contributed by atoms with Crippen LogP contribution in [0.25, 0.3) is 0 Å². The van der Waals surface area contributed by atoms with Crippen molar-refractivity contribution in [3.63, 3.8) is 0 Å². The Morgan fingerprint density at radius 3 is 2.28 bits per heavy atom. The van der Waals surface area contributed by atoms with Gasteiger partial charge in [-0.3, -0.25) is 9.69 Å². The van der Waals surface area contributed by atoms with Gasteiger partial charge in [-0.15, -0.1) is 0 Å². The van der Waals surface area contributed by atoms with Crippen molar-refractivity contribution in [2.75, 3.05) is 32.7 Å². The molecular formula is C21H24F2N4O2. The topological polar surface area (TPSA) is 64.7 Å². The number of halogens is 2. The van der Waals surface area contributed by atoms with Crippen LogP contribution < -0.4 is 10.6 Å². The van der Waals surface area contributed by atoms with E-state index in [-0.39, 0.29) is 30.6 Å². The van der Waals surface area contributed by atoms with Crippen molar-refractivity contribution in [1.82, 2.24) is 20.4 Å². The summed E-state index contributed by atoms with van der Waals surface area (Å²) in [5.74, 6) is -0.716. The number of carbonyl (C=O) groups is 2. The number of urea groups is 1. The highest BCUT2D eigenvalue weighted by atomic mass is 19.1. The molecule has 0 atom stereocenters. The Labute approximate surface area is 168 Å². The predicted molar refractivity (Wildman–Crippen MR) is 105 cm³/mol. The zero-order valence-corrected chi connectivity index (χ0v) is 16.0. The highest BCUT2D eigenvalue weighted by Gasteiger charge is 2.21. The summed E-state index contributed by atoms with van der Waals surface area (Å²) in [6, 6.07) is 12.0. The smallest absolute Gasteiger partial charge is 0.315 e. The van der Waals surface area contributed by atoms with Gasteiger partial charge in [-0.05, 0) is 23.8 Å². The largest absolute Gasteiger partial charge is 0.339 e. The molecule has 2 aromatic carbocycles. The van der Waals surface area contributed by atoms with E-state index in [1.54, 1.807) is 29.2 Å². The fraction of sp³-hybridized carbons (Fsp3) is 0.333. The Kier molecular flexibility index (Phi) is 7.13. The van der Waals surface area contributed by atoms with E-state index >= 15 is 0 Å². The summed E-state index contributed by atoms with van der Waals surface area (Å²) in [6.45, 7) is 3.03. The molecule has 0 saturated carbocycles. The van der Waals surface area contributed by atoms with E-state index in [0.29, 0.717) is 38.3 Å². The second kappa shape index (κ2) is 9.97. The summed E-state index contributed by atoms with van der Waals surface area (Å²) in [6.07, 6.45) is 0. The molecule has 1 aliphatic rings. The van der Waals surface area contributed by atoms with Crippen molar-refractivity contribution >= 4 is 11.9 Å². The predicted octanol–water partition coefficient (Wildman–Crippen LogP) is 2.11. The molecule has 0 spiro atoms. The van der Waals surface area contributed by atoms with Crippen LogP contribution in [0.1, 0.15) is 11.1 Å². The lowest BCUT2D eigenvalue weighted by Gasteiger charge is -2.34. The Morgan fingerprint density at radius 2 is 1.59 bits per heavy atom. The van der Waals surface area contributed by atoms with Crippen molar-refractivity contribution in [1.29, 1.82) is 0 Å². The highest BCUT2D eigenvalue weighted by molar-refractivity contribution is 5.84. The molecule has 3 amide bonds. The van der Waals surface area contributed by atoms with E-state index in [9.17, 15) is 18.4 Å². The molecule has 29 heavy (non-hydrogen) atoms. The molecule has 1 fully saturated rings. The number of nitrogens with zero attached hydrogens (tertiary/aromatic N) is 2. The molecule has 3 rings (SSSR count). The van der Waals surface area contributed by atoms with Crippen LogP contribution in [0.2, 0.25) is 0 Å². The maximum Gasteiger partial charge on any atom is 0.315 e. The van der Waals surface area contributed by atoms with Gasteiger partial charge in [0.15, 0.2) is 0 Å². The van der Waals surface area contributed by atoms with Gasteiger partial charge < -0.3 is 15.5 Å². The number of carbonyl (C=O) groups excluding carboxylic acids is 2. The van der Waals surface area contributed by atoms with E-state index in [4.69, 9.17) is 0 Å². The van der Waals surface area contributed by atoms with Gasteiger partial charge in [-0.1, -0.05) is 30.3 Å². The number of rotatable bonds is 6. The normalized spacial score (nSPS) is 14.5. The molecule has 154 valence electrons. The second-order valence-corrected chi connectivity index (χ2v) is 6.91. The highest BCUT2D eigenvalue weighted by Crippen LogP contribution is 2.12. The molecule has 1 saturated heterocycles. The molecule has 2 aromatic rings. The lowest BCUT2D eigenvalue weighted by atomic mass is 10.2. The summed E-state index contributed by atoms with van der Waals surface area (Å²) < 4.78 is 26.6. The van der Waals surface area contributed by atoms with Crippen LogP contribution in [0.4, 0.5) is 13.6 Å². The van der Waals surface area contributed by atoms with E-state index in [1.165, 1.54) is 18.2 Å². The van der Waals surface area contributed by atoms with Gasteiger partial charge in [0.25, 0.3) is 0 Å². The number of nitrogens with one attached hydrogen (secondary N) is 2. The lowest BCUT2D eigenvalue weighted by Crippen LogP contribution is -2.51. The molecule has 0 radical (unpaired) electrons. The van der Waals surface area contributed by atoms with E-state index in [0.717, 1.165) is 5.56 Å². The van der Waals surface area contributed by atoms with Crippen LogP contribution in [-0.2, 0) is 17.9 Å². The lowest BCUT2D eigenvalue weighted by molar-refractivity contribution is -0.131. The third-order valence-electron chi connectivity index (χ3n) is 4.84. The third kappa shape index (κ3) is 6.25. The summed E-state index contributed by atoms with van der Waals surface area (Å²) >= 11 is 0. The third-order valence-corrected chi connectivity index (χ3v) is 4.84.